The average Bonchev–Trinajstić information content (AvgIpc) is 2.73. The van der Waals surface area contributed by atoms with Gasteiger partial charge in [-0.25, -0.2) is 4.79 Å². The van der Waals surface area contributed by atoms with Gasteiger partial charge in [-0.3, -0.25) is 14.4 Å². The molecule has 8 N–H and O–H groups in total. The van der Waals surface area contributed by atoms with Crippen LogP contribution in [0.25, 0.3) is 0 Å². The Kier molecular flexibility index (Phi) is 16.2. The summed E-state index contributed by atoms with van der Waals surface area (Å²) in [6.45, 7) is 4.25. The fourth-order valence-corrected chi connectivity index (χ4v) is 3.50. The lowest BCUT2D eigenvalue weighted by Gasteiger charge is -2.26. The van der Waals surface area contributed by atoms with E-state index in [2.05, 4.69) is 28.6 Å². The first kappa shape index (κ1) is 30.5. The molecule has 0 aromatic rings. The van der Waals surface area contributed by atoms with Gasteiger partial charge in [0.05, 0.1) is 6.04 Å². The molecule has 0 aromatic carbocycles. The van der Waals surface area contributed by atoms with Gasteiger partial charge in [0.15, 0.2) is 0 Å². The maximum absolute atomic E-state index is 12.9. The number of carboxylic acids is 1. The number of nitrogens with one attached hydrogen (secondary N) is 3. The van der Waals surface area contributed by atoms with Crippen molar-refractivity contribution in [2.24, 2.45) is 17.4 Å². The molecule has 0 spiro atoms. The van der Waals surface area contributed by atoms with E-state index in [1.54, 1.807) is 0 Å². The van der Waals surface area contributed by atoms with Crippen LogP contribution in [0.15, 0.2) is 0 Å². The highest BCUT2D eigenvalue weighted by Crippen LogP contribution is 2.09. The standard InChI is InChI=1S/C20H39N5O5S2/c1-12(2)10-16(25-17(26)13(22)11-31)19(28)23-14(7-9-32-3)18(27)24-15(20(29)30)6-4-5-8-21/h12-16,31H,4-11,21-22H2,1-3H3,(H,23,28)(H,24,27)(H,25,26)(H,29,30). The van der Waals surface area contributed by atoms with Gasteiger partial charge >= 0.3 is 5.97 Å². The Balaban J connectivity index is 5.35. The molecule has 0 saturated carbocycles. The Morgan fingerprint density at radius 2 is 1.50 bits per heavy atom. The fourth-order valence-electron chi connectivity index (χ4n) is 2.86. The van der Waals surface area contributed by atoms with Crippen molar-refractivity contribution in [3.05, 3.63) is 0 Å². The zero-order valence-electron chi connectivity index (χ0n) is 19.1. The third-order valence-electron chi connectivity index (χ3n) is 4.68. The summed E-state index contributed by atoms with van der Waals surface area (Å²) in [5.41, 5.74) is 11.1. The van der Waals surface area contributed by atoms with Crippen LogP contribution >= 0.6 is 24.4 Å². The van der Waals surface area contributed by atoms with Crippen molar-refractivity contribution < 1.29 is 24.3 Å². The van der Waals surface area contributed by atoms with Crippen molar-refractivity contribution in [1.29, 1.82) is 0 Å². The van der Waals surface area contributed by atoms with Crippen LogP contribution in [0, 0.1) is 5.92 Å². The highest BCUT2D eigenvalue weighted by atomic mass is 32.2. The first-order valence-corrected chi connectivity index (χ1v) is 12.8. The van der Waals surface area contributed by atoms with Gasteiger partial charge in [-0.05, 0) is 56.6 Å². The van der Waals surface area contributed by atoms with Gasteiger partial charge in [0.2, 0.25) is 17.7 Å². The number of thiol groups is 1. The van der Waals surface area contributed by atoms with Crippen LogP contribution in [-0.2, 0) is 19.2 Å². The first-order valence-electron chi connectivity index (χ1n) is 10.8. The Bertz CT molecular complexity index is 609. The van der Waals surface area contributed by atoms with E-state index in [0.717, 1.165) is 0 Å². The maximum atomic E-state index is 12.9. The minimum Gasteiger partial charge on any atom is -0.480 e. The molecular weight excluding hydrogens is 454 g/mol. The minimum absolute atomic E-state index is 0.0932. The van der Waals surface area contributed by atoms with E-state index in [4.69, 9.17) is 11.5 Å². The largest absolute Gasteiger partial charge is 0.480 e. The smallest absolute Gasteiger partial charge is 0.326 e. The molecule has 0 rings (SSSR count). The molecule has 0 aliphatic heterocycles. The molecule has 0 aliphatic carbocycles. The summed E-state index contributed by atoms with van der Waals surface area (Å²) < 4.78 is 0. The monoisotopic (exact) mass is 493 g/mol. The Morgan fingerprint density at radius 1 is 0.938 bits per heavy atom. The number of hydrogen-bond donors (Lipinski definition) is 7. The molecule has 0 aliphatic rings. The van der Waals surface area contributed by atoms with Gasteiger partial charge in [-0.1, -0.05) is 13.8 Å². The zero-order chi connectivity index (χ0) is 24.7. The van der Waals surface area contributed by atoms with Crippen LogP contribution in [0.5, 0.6) is 0 Å². The van der Waals surface area contributed by atoms with Crippen molar-refractivity contribution in [2.45, 2.75) is 70.1 Å². The third kappa shape index (κ3) is 12.5. The van der Waals surface area contributed by atoms with Gasteiger partial charge in [0.25, 0.3) is 0 Å². The van der Waals surface area contributed by atoms with Gasteiger partial charge in [0, 0.05) is 5.75 Å². The number of nitrogens with two attached hydrogens (primary N) is 2. The number of amides is 3. The molecule has 12 heteroatoms. The van der Waals surface area contributed by atoms with Crippen LogP contribution in [-0.4, -0.2) is 77.3 Å². The van der Waals surface area contributed by atoms with Gasteiger partial charge in [-0.2, -0.15) is 24.4 Å². The lowest BCUT2D eigenvalue weighted by atomic mass is 10.0. The van der Waals surface area contributed by atoms with E-state index in [1.807, 2.05) is 20.1 Å². The highest BCUT2D eigenvalue weighted by molar-refractivity contribution is 7.98. The lowest BCUT2D eigenvalue weighted by Crippen LogP contribution is -2.57. The summed E-state index contributed by atoms with van der Waals surface area (Å²) >= 11 is 5.50. The molecule has 0 aromatic heterocycles. The predicted molar refractivity (Wildman–Crippen MR) is 131 cm³/mol. The molecule has 186 valence electrons. The molecule has 32 heavy (non-hydrogen) atoms. The Labute approximate surface area is 200 Å². The number of unbranched alkanes of at least 4 members (excludes halogenated alkanes) is 1. The molecule has 0 heterocycles. The van der Waals surface area contributed by atoms with Crippen molar-refractivity contribution in [3.8, 4) is 0 Å². The molecule has 0 fully saturated rings. The number of hydrogen-bond acceptors (Lipinski definition) is 8. The van der Waals surface area contributed by atoms with Gasteiger partial charge in [0.1, 0.15) is 18.1 Å². The zero-order valence-corrected chi connectivity index (χ0v) is 20.8. The molecule has 10 nitrogen and oxygen atoms in total. The van der Waals surface area contributed by atoms with Crippen molar-refractivity contribution in [3.63, 3.8) is 0 Å². The number of rotatable bonds is 17. The summed E-state index contributed by atoms with van der Waals surface area (Å²) in [7, 11) is 0. The quantitative estimate of drug-likeness (QED) is 0.107. The number of carbonyl (C=O) groups is 4. The number of carboxylic acid groups (broad SMARTS) is 1. The normalized spacial score (nSPS) is 14.8. The van der Waals surface area contributed by atoms with Crippen molar-refractivity contribution in [2.75, 3.05) is 24.3 Å². The van der Waals surface area contributed by atoms with E-state index in [0.29, 0.717) is 38.0 Å². The first-order chi connectivity index (χ1) is 15.1. The average molecular weight is 494 g/mol. The van der Waals surface area contributed by atoms with Crippen LogP contribution in [0.3, 0.4) is 0 Å². The molecule has 0 saturated heterocycles. The topological polar surface area (TPSA) is 177 Å². The summed E-state index contributed by atoms with van der Waals surface area (Å²) in [6, 6.07) is -3.74. The second-order valence-corrected chi connectivity index (χ2v) is 9.36. The Morgan fingerprint density at radius 3 is 2.00 bits per heavy atom. The predicted octanol–water partition coefficient (Wildman–Crippen LogP) is -0.289. The molecule has 4 unspecified atom stereocenters. The number of thioether (sulfide) groups is 1. The van der Waals surface area contributed by atoms with Crippen LogP contribution in [0.4, 0.5) is 0 Å². The van der Waals surface area contributed by atoms with Gasteiger partial charge < -0.3 is 32.5 Å². The van der Waals surface area contributed by atoms with E-state index in [-0.39, 0.29) is 18.1 Å². The Hall–Kier alpha value is -1.50. The molecule has 3 amide bonds. The van der Waals surface area contributed by atoms with E-state index < -0.39 is 47.9 Å². The highest BCUT2D eigenvalue weighted by Gasteiger charge is 2.30. The van der Waals surface area contributed by atoms with Crippen LogP contribution in [0.1, 0.15) is 46.0 Å². The van der Waals surface area contributed by atoms with Gasteiger partial charge in [-0.15, -0.1) is 0 Å². The third-order valence-corrected chi connectivity index (χ3v) is 5.72. The maximum Gasteiger partial charge on any atom is 0.326 e. The second-order valence-electron chi connectivity index (χ2n) is 8.01. The number of aliphatic carboxylic acids is 1. The molecule has 0 bridgehead atoms. The van der Waals surface area contributed by atoms with Crippen LogP contribution in [0.2, 0.25) is 0 Å². The number of carbonyl (C=O) groups excluding carboxylic acids is 3. The van der Waals surface area contributed by atoms with E-state index in [9.17, 15) is 24.3 Å². The SMILES string of the molecule is CSCCC(NC(=O)C(CC(C)C)NC(=O)C(N)CS)C(=O)NC(CCCCN)C(=O)O. The molecule has 4 atom stereocenters. The summed E-state index contributed by atoms with van der Waals surface area (Å²) in [5.74, 6) is -1.94. The van der Waals surface area contributed by atoms with Crippen molar-refractivity contribution in [1.82, 2.24) is 16.0 Å². The fraction of sp³-hybridized carbons (Fsp3) is 0.800. The minimum atomic E-state index is -1.14. The summed E-state index contributed by atoms with van der Waals surface area (Å²) in [4.78, 5) is 49.5. The van der Waals surface area contributed by atoms with Crippen molar-refractivity contribution >= 4 is 48.1 Å². The molecule has 0 radical (unpaired) electrons. The second kappa shape index (κ2) is 17.0. The summed E-state index contributed by atoms with van der Waals surface area (Å²) in [6.07, 6.45) is 3.98. The molecular formula is C20H39N5O5S2. The van der Waals surface area contributed by atoms with E-state index in [1.165, 1.54) is 11.8 Å². The summed E-state index contributed by atoms with van der Waals surface area (Å²) in [5, 5.41) is 17.2. The van der Waals surface area contributed by atoms with E-state index >= 15 is 0 Å². The van der Waals surface area contributed by atoms with Crippen LogP contribution < -0.4 is 27.4 Å². The lowest BCUT2D eigenvalue weighted by molar-refractivity contribution is -0.142.